The number of hydrogen-bond donors (Lipinski definition) is 4. The molecular weight excluding hydrogens is 420 g/mol. The van der Waals surface area contributed by atoms with E-state index in [1.54, 1.807) is 20.8 Å². The maximum Gasteiger partial charge on any atom is 0.303 e. The van der Waals surface area contributed by atoms with Gasteiger partial charge >= 0.3 is 5.97 Å². The summed E-state index contributed by atoms with van der Waals surface area (Å²) in [6, 6.07) is 0. The Balaban J connectivity index is 1.78. The smallest absolute Gasteiger partial charge is 0.303 e. The maximum atomic E-state index is 13.5. The largest absolute Gasteiger partial charge is 0.454 e. The predicted molar refractivity (Wildman–Crippen MR) is 110 cm³/mol. The second-order valence-electron chi connectivity index (χ2n) is 10.8. The Morgan fingerprint density at radius 1 is 1.22 bits per heavy atom. The Labute approximate surface area is 187 Å². The molecule has 3 unspecified atom stereocenters. The number of ketones is 1. The molecule has 0 aromatic heterocycles. The van der Waals surface area contributed by atoms with Crippen LogP contribution in [0.4, 0.5) is 0 Å². The van der Waals surface area contributed by atoms with Crippen molar-refractivity contribution in [2.75, 3.05) is 6.61 Å². The summed E-state index contributed by atoms with van der Waals surface area (Å²) >= 11 is 0. The fourth-order valence-corrected chi connectivity index (χ4v) is 6.39. The van der Waals surface area contributed by atoms with E-state index in [4.69, 9.17) is 14.2 Å². The summed E-state index contributed by atoms with van der Waals surface area (Å²) < 4.78 is 17.4. The van der Waals surface area contributed by atoms with Crippen LogP contribution in [0.1, 0.15) is 53.9 Å². The van der Waals surface area contributed by atoms with E-state index in [1.807, 2.05) is 13.0 Å². The molecule has 3 aliphatic carbocycles. The summed E-state index contributed by atoms with van der Waals surface area (Å²) in [6.07, 6.45) is -3.31. The highest BCUT2D eigenvalue weighted by molar-refractivity contribution is 5.92. The number of aliphatic hydroxyl groups excluding tert-OH is 3. The van der Waals surface area contributed by atoms with Crippen LogP contribution in [0.25, 0.3) is 0 Å². The van der Waals surface area contributed by atoms with Gasteiger partial charge in [-0.05, 0) is 33.1 Å². The lowest BCUT2D eigenvalue weighted by Crippen LogP contribution is -2.64. The number of Topliss-reactive ketones (excluding diaryl/α,β-unsaturated/α-hetero) is 1. The second kappa shape index (κ2) is 7.32. The first-order valence-electron chi connectivity index (χ1n) is 11.2. The molecule has 9 nitrogen and oxygen atoms in total. The molecule has 3 fully saturated rings. The SMILES string of the molecule is CC(=O)O[C@H]1[C@H](OC23C=C(C)C4(CC4)C(C)(O)C2C(=O)C(C)(C)C3)O[C@H](CO)[C@@H](O)[C@@H]1O. The van der Waals surface area contributed by atoms with E-state index in [1.165, 1.54) is 0 Å². The summed E-state index contributed by atoms with van der Waals surface area (Å²) in [5.74, 6) is -1.73. The molecule has 0 radical (unpaired) electrons. The average Bonchev–Trinajstić information content (AvgIpc) is 3.45. The molecular formula is C23H34O9. The summed E-state index contributed by atoms with van der Waals surface area (Å²) in [5, 5.41) is 42.2. The Hall–Kier alpha value is -1.36. The predicted octanol–water partition coefficient (Wildman–Crippen LogP) is 0.219. The third kappa shape index (κ3) is 3.20. The molecule has 9 heteroatoms. The number of ether oxygens (including phenoxy) is 3. The van der Waals surface area contributed by atoms with Crippen molar-refractivity contribution in [3.05, 3.63) is 11.6 Å². The Morgan fingerprint density at radius 3 is 2.38 bits per heavy atom. The van der Waals surface area contributed by atoms with Crippen LogP contribution in [0.2, 0.25) is 0 Å². The van der Waals surface area contributed by atoms with Crippen molar-refractivity contribution in [1.29, 1.82) is 0 Å². The molecule has 8 atom stereocenters. The molecule has 1 heterocycles. The molecule has 4 rings (SSSR count). The first-order chi connectivity index (χ1) is 14.7. The summed E-state index contributed by atoms with van der Waals surface area (Å²) in [6.45, 7) is 7.76. The normalized spacial score (nSPS) is 46.5. The van der Waals surface area contributed by atoms with Crippen LogP contribution < -0.4 is 0 Å². The third-order valence-electron chi connectivity index (χ3n) is 8.09. The fraction of sp³-hybridized carbons (Fsp3) is 0.826. The number of carbonyl (C=O) groups is 2. The molecule has 1 saturated heterocycles. The van der Waals surface area contributed by atoms with E-state index in [2.05, 4.69) is 0 Å². The summed E-state index contributed by atoms with van der Waals surface area (Å²) in [4.78, 5) is 25.2. The second-order valence-corrected chi connectivity index (χ2v) is 10.8. The van der Waals surface area contributed by atoms with Crippen molar-refractivity contribution in [1.82, 2.24) is 0 Å². The van der Waals surface area contributed by atoms with E-state index in [9.17, 15) is 30.0 Å². The number of fused-ring (bicyclic) bond motifs is 1. The Morgan fingerprint density at radius 2 is 1.84 bits per heavy atom. The summed E-state index contributed by atoms with van der Waals surface area (Å²) in [7, 11) is 0. The van der Waals surface area contributed by atoms with Crippen molar-refractivity contribution in [2.45, 2.75) is 95.8 Å². The number of hydrogen-bond acceptors (Lipinski definition) is 9. The van der Waals surface area contributed by atoms with Gasteiger partial charge in [-0.2, -0.15) is 0 Å². The van der Waals surface area contributed by atoms with Crippen molar-refractivity contribution >= 4 is 11.8 Å². The topological polar surface area (TPSA) is 143 Å². The zero-order valence-electron chi connectivity index (χ0n) is 19.2. The molecule has 32 heavy (non-hydrogen) atoms. The third-order valence-corrected chi connectivity index (χ3v) is 8.09. The Kier molecular flexibility index (Phi) is 5.44. The lowest BCUT2D eigenvalue weighted by atomic mass is 9.61. The van der Waals surface area contributed by atoms with Gasteiger partial charge in [0.15, 0.2) is 12.4 Å². The van der Waals surface area contributed by atoms with Gasteiger partial charge in [0.2, 0.25) is 0 Å². The molecule has 0 aromatic rings. The van der Waals surface area contributed by atoms with Crippen molar-refractivity contribution in [2.24, 2.45) is 16.7 Å². The van der Waals surface area contributed by atoms with Crippen molar-refractivity contribution in [3.63, 3.8) is 0 Å². The minimum absolute atomic E-state index is 0.128. The van der Waals surface area contributed by atoms with Gasteiger partial charge in [0.1, 0.15) is 29.7 Å². The van der Waals surface area contributed by atoms with Crippen LogP contribution in [0.5, 0.6) is 0 Å². The van der Waals surface area contributed by atoms with Crippen molar-refractivity contribution < 1.29 is 44.2 Å². The number of esters is 1. The van der Waals surface area contributed by atoms with Crippen LogP contribution in [-0.4, -0.2) is 80.7 Å². The number of aliphatic hydroxyl groups is 4. The first-order valence-corrected chi connectivity index (χ1v) is 11.2. The number of carbonyl (C=O) groups excluding carboxylic acids is 2. The molecule has 0 bridgehead atoms. The zero-order chi connectivity index (χ0) is 23.9. The van der Waals surface area contributed by atoms with Gasteiger partial charge in [0.25, 0.3) is 0 Å². The molecule has 1 spiro atoms. The quantitative estimate of drug-likeness (QED) is 0.346. The van der Waals surface area contributed by atoms with Gasteiger partial charge in [0, 0.05) is 17.8 Å². The molecule has 4 aliphatic rings. The van der Waals surface area contributed by atoms with Gasteiger partial charge in [0.05, 0.1) is 18.1 Å². The van der Waals surface area contributed by atoms with E-state index in [-0.39, 0.29) is 12.2 Å². The van der Waals surface area contributed by atoms with Crippen LogP contribution >= 0.6 is 0 Å². The molecule has 2 saturated carbocycles. The minimum Gasteiger partial charge on any atom is -0.454 e. The number of rotatable bonds is 4. The zero-order valence-corrected chi connectivity index (χ0v) is 19.2. The van der Waals surface area contributed by atoms with E-state index < -0.39 is 71.2 Å². The van der Waals surface area contributed by atoms with E-state index >= 15 is 0 Å². The van der Waals surface area contributed by atoms with Crippen LogP contribution in [0.15, 0.2) is 11.6 Å². The maximum absolute atomic E-state index is 13.5. The first kappa shape index (κ1) is 23.8. The molecule has 0 amide bonds. The minimum atomic E-state index is -1.57. The van der Waals surface area contributed by atoms with Gasteiger partial charge < -0.3 is 34.6 Å². The van der Waals surface area contributed by atoms with E-state index in [0.717, 1.165) is 25.3 Å². The average molecular weight is 455 g/mol. The van der Waals surface area contributed by atoms with E-state index in [0.29, 0.717) is 0 Å². The highest BCUT2D eigenvalue weighted by Crippen LogP contribution is 2.69. The lowest BCUT2D eigenvalue weighted by Gasteiger charge is -2.52. The fourth-order valence-electron chi connectivity index (χ4n) is 6.39. The van der Waals surface area contributed by atoms with Crippen LogP contribution in [-0.2, 0) is 23.8 Å². The molecule has 180 valence electrons. The summed E-state index contributed by atoms with van der Waals surface area (Å²) in [5.41, 5.74) is -2.99. The van der Waals surface area contributed by atoms with Crippen molar-refractivity contribution in [3.8, 4) is 0 Å². The lowest BCUT2D eigenvalue weighted by molar-refractivity contribution is -0.331. The molecule has 4 N–H and O–H groups in total. The highest BCUT2D eigenvalue weighted by atomic mass is 16.7. The highest BCUT2D eigenvalue weighted by Gasteiger charge is 2.74. The van der Waals surface area contributed by atoms with Crippen LogP contribution in [0, 0.1) is 16.7 Å². The van der Waals surface area contributed by atoms with Gasteiger partial charge in [-0.1, -0.05) is 25.5 Å². The molecule has 0 aromatic carbocycles. The molecule has 1 aliphatic heterocycles. The monoisotopic (exact) mass is 454 g/mol. The Bertz CT molecular complexity index is 842. The van der Waals surface area contributed by atoms with Gasteiger partial charge in [-0.25, -0.2) is 0 Å². The van der Waals surface area contributed by atoms with Crippen LogP contribution in [0.3, 0.4) is 0 Å². The van der Waals surface area contributed by atoms with Gasteiger partial charge in [-0.3, -0.25) is 9.59 Å². The van der Waals surface area contributed by atoms with Gasteiger partial charge in [-0.15, -0.1) is 0 Å². The standard InChI is InChI=1S/C23H34O9/c1-11-8-23(10-20(3,4)18(28)17(23)21(5,29)22(11)6-7-22)32-19-16(30-12(2)25)15(27)14(26)13(9-24)31-19/h8,13-17,19,24,26-27,29H,6-7,9-10H2,1-5H3/t13-,14-,15+,16-,17?,19+,21?,23?/m1/s1.